The first-order valence-electron chi connectivity index (χ1n) is 44.9. The SMILES string of the molecule is c1ccc(-c2cc(-c3ccccc3)nc(-c3ccc4ccc5ccc6nc(-c7ccccc7)n(-c7ccccc7)c6c5c4c3)n2)cc1.c1ccc(-c2nc(-c3ccccc3)nc(-c3ccc4ccc5ccc6nc(-c7ccccc7)n(-c7ccccc7)c6c5c4c3)n2)cc1.c1ccc(-c2nc(-c3ccccc3)nc(-c3ccc4ccc5ccc6nc(-c7ccccc7)oc6c5c4c3)n2)cc1. The van der Waals surface area contributed by atoms with Crippen LogP contribution in [0, 0.1) is 0 Å². The van der Waals surface area contributed by atoms with Crippen molar-refractivity contribution in [3.63, 3.8) is 0 Å². The van der Waals surface area contributed by atoms with Crippen LogP contribution in [0.15, 0.2) is 472 Å². The second kappa shape index (κ2) is 34.8. The Morgan fingerprint density at radius 1 is 0.170 bits per heavy atom. The number of benzene rings is 20. The molecule has 0 fully saturated rings. The Morgan fingerprint density at radius 3 is 0.763 bits per heavy atom. The van der Waals surface area contributed by atoms with Crippen molar-refractivity contribution in [1.82, 2.24) is 64.0 Å². The number of para-hydroxylation sites is 2. The number of nitrogens with zero attached hydrogens (tertiary/aromatic N) is 13. The van der Waals surface area contributed by atoms with Crippen LogP contribution >= 0.6 is 0 Å². The molecule has 20 aromatic carbocycles. The number of hydrogen-bond donors (Lipinski definition) is 0. The molecule has 0 saturated carbocycles. The Hall–Kier alpha value is -18.5. The molecule has 135 heavy (non-hydrogen) atoms. The molecule has 6 heterocycles. The second-order valence-corrected chi connectivity index (χ2v) is 33.2. The fourth-order valence-corrected chi connectivity index (χ4v) is 18.2. The van der Waals surface area contributed by atoms with E-state index in [0.29, 0.717) is 46.7 Å². The zero-order valence-electron chi connectivity index (χ0n) is 72.7. The number of oxazole rings is 1. The maximum Gasteiger partial charge on any atom is 0.227 e. The lowest BCUT2D eigenvalue weighted by Gasteiger charge is -2.13. The van der Waals surface area contributed by atoms with Crippen LogP contribution in [0.3, 0.4) is 0 Å². The predicted octanol–water partition coefficient (Wildman–Crippen LogP) is 30.0. The van der Waals surface area contributed by atoms with Crippen LogP contribution < -0.4 is 0 Å². The average molecular weight is 1730 g/mol. The van der Waals surface area contributed by atoms with Gasteiger partial charge in [0.05, 0.1) is 33.5 Å². The zero-order chi connectivity index (χ0) is 89.5. The Bertz CT molecular complexity index is 8400. The molecule has 26 aromatic rings. The average Bonchev–Trinajstić information content (AvgIpc) is 1.53. The molecule has 14 nitrogen and oxygen atoms in total. The van der Waals surface area contributed by atoms with Crippen molar-refractivity contribution in [1.29, 1.82) is 0 Å². The fraction of sp³-hybridized carbons (Fsp3) is 0. The summed E-state index contributed by atoms with van der Waals surface area (Å²) >= 11 is 0. The zero-order valence-corrected chi connectivity index (χ0v) is 72.7. The van der Waals surface area contributed by atoms with E-state index in [0.717, 1.165) is 199 Å². The third kappa shape index (κ3) is 15.4. The summed E-state index contributed by atoms with van der Waals surface area (Å²) in [6.07, 6.45) is 0. The van der Waals surface area contributed by atoms with Crippen molar-refractivity contribution in [3.8, 4) is 148 Å². The number of rotatable bonds is 14. The molecule has 26 rings (SSSR count). The van der Waals surface area contributed by atoms with E-state index in [1.807, 2.05) is 212 Å². The summed E-state index contributed by atoms with van der Waals surface area (Å²) in [7, 11) is 0. The van der Waals surface area contributed by atoms with Gasteiger partial charge in [0, 0.05) is 94.3 Å². The van der Waals surface area contributed by atoms with E-state index in [1.165, 1.54) is 0 Å². The van der Waals surface area contributed by atoms with Gasteiger partial charge >= 0.3 is 0 Å². The van der Waals surface area contributed by atoms with Crippen LogP contribution in [-0.2, 0) is 0 Å². The Balaban J connectivity index is 0.000000111. The molecule has 0 saturated heterocycles. The van der Waals surface area contributed by atoms with Crippen LogP contribution in [0.1, 0.15) is 0 Å². The molecule has 0 radical (unpaired) electrons. The largest absolute Gasteiger partial charge is 0.435 e. The first-order valence-corrected chi connectivity index (χ1v) is 44.9. The molecule has 0 amide bonds. The maximum atomic E-state index is 6.42. The van der Waals surface area contributed by atoms with Crippen molar-refractivity contribution in [3.05, 3.63) is 467 Å². The third-order valence-electron chi connectivity index (χ3n) is 24.7. The highest BCUT2D eigenvalue weighted by Gasteiger charge is 2.25. The van der Waals surface area contributed by atoms with Gasteiger partial charge in [-0.3, -0.25) is 9.13 Å². The van der Waals surface area contributed by atoms with Crippen molar-refractivity contribution in [2.24, 2.45) is 0 Å². The van der Waals surface area contributed by atoms with E-state index in [-0.39, 0.29) is 0 Å². The normalized spacial score (nSPS) is 11.4. The molecule has 0 unspecified atom stereocenters. The van der Waals surface area contributed by atoms with Gasteiger partial charge in [-0.2, -0.15) is 0 Å². The number of imidazole rings is 2. The molecule has 0 bridgehead atoms. The summed E-state index contributed by atoms with van der Waals surface area (Å²) in [5.74, 6) is 6.93. The first kappa shape index (κ1) is 79.8. The number of hydrogen-bond acceptors (Lipinski definition) is 12. The van der Waals surface area contributed by atoms with Gasteiger partial charge < -0.3 is 4.42 Å². The van der Waals surface area contributed by atoms with Crippen molar-refractivity contribution < 1.29 is 4.42 Å². The molecule has 0 atom stereocenters. The lowest BCUT2D eigenvalue weighted by Crippen LogP contribution is -2.00. The van der Waals surface area contributed by atoms with E-state index in [1.54, 1.807) is 0 Å². The van der Waals surface area contributed by atoms with E-state index >= 15 is 0 Å². The summed E-state index contributed by atoms with van der Waals surface area (Å²) < 4.78 is 11.0. The molecule has 6 aromatic heterocycles. The molecule has 14 heteroatoms. The van der Waals surface area contributed by atoms with Gasteiger partial charge in [-0.1, -0.05) is 388 Å². The molecule has 0 aliphatic carbocycles. The second-order valence-electron chi connectivity index (χ2n) is 33.2. The van der Waals surface area contributed by atoms with Crippen LogP contribution in [-0.4, -0.2) is 64.0 Å². The minimum Gasteiger partial charge on any atom is -0.435 e. The van der Waals surface area contributed by atoms with Gasteiger partial charge in [-0.05, 0) is 127 Å². The Morgan fingerprint density at radius 2 is 0.422 bits per heavy atom. The standard InChI is InChI=1S/C43H28N4.C42H27N5.C36H22N4O/c1-5-13-30(14-6-1)38-28-39(31-15-7-2-8-16-31)45-42(44-38)34-24-22-29-21-23-32-25-26-37-41(40(32)36(29)27-34)47(35-19-11-4-12-20-35)43(46-37)33-17-9-3-10-18-33;1-5-13-30(14-6-1)39-44-40(31-15-7-2-8-16-31)46-41(45-39)33-24-22-28-21-23-29-25-26-36-38(37(29)35(28)27-33)47(34-19-11-4-12-20-34)42(43-36)32-17-9-3-10-18-32;1-4-10-25(11-5-1)33-38-34(26-12-6-2-7-13-26)40-35(39-33)28-19-17-23-16-18-24-20-21-30-32(31(24)29(23)22-28)41-36(37-30)27-14-8-3-9-15-27/h1-28H;1-27H;1-22H. The summed E-state index contributed by atoms with van der Waals surface area (Å²) in [5, 5.41) is 13.4. The minimum absolute atomic E-state index is 0.610. The number of fused-ring (bicyclic) bond motifs is 15. The van der Waals surface area contributed by atoms with E-state index < -0.39 is 0 Å². The lowest BCUT2D eigenvalue weighted by atomic mass is 9.98. The lowest BCUT2D eigenvalue weighted by molar-refractivity contribution is 0.623. The number of aromatic nitrogens is 13. The Kier molecular flexibility index (Phi) is 20.6. The topological polar surface area (TPSA) is 165 Å². The van der Waals surface area contributed by atoms with Gasteiger partial charge in [-0.25, -0.2) is 54.8 Å². The maximum absolute atomic E-state index is 6.42. The molecule has 0 spiro atoms. The van der Waals surface area contributed by atoms with Crippen molar-refractivity contribution in [2.75, 3.05) is 0 Å². The third-order valence-corrected chi connectivity index (χ3v) is 24.7. The summed E-state index contributed by atoms with van der Waals surface area (Å²) in [5.41, 5.74) is 21.3. The van der Waals surface area contributed by atoms with Gasteiger partial charge in [-0.15, -0.1) is 0 Å². The van der Waals surface area contributed by atoms with Crippen LogP contribution in [0.5, 0.6) is 0 Å². The highest BCUT2D eigenvalue weighted by molar-refractivity contribution is 6.22. The van der Waals surface area contributed by atoms with E-state index in [4.69, 9.17) is 59.2 Å². The minimum atomic E-state index is 0.610. The van der Waals surface area contributed by atoms with E-state index in [2.05, 4.69) is 264 Å². The molecule has 0 aliphatic heterocycles. The quantitative estimate of drug-likeness (QED) is 0.0948. The highest BCUT2D eigenvalue weighted by Crippen LogP contribution is 2.44. The molecular weight excluding hydrogens is 1650 g/mol. The van der Waals surface area contributed by atoms with Gasteiger partial charge in [0.25, 0.3) is 0 Å². The molecule has 0 aliphatic rings. The predicted molar refractivity (Wildman–Crippen MR) is 549 cm³/mol. The fourth-order valence-electron chi connectivity index (χ4n) is 18.2. The van der Waals surface area contributed by atoms with E-state index in [9.17, 15) is 0 Å². The molecule has 632 valence electrons. The van der Waals surface area contributed by atoms with Crippen molar-refractivity contribution in [2.45, 2.75) is 0 Å². The van der Waals surface area contributed by atoms with Gasteiger partial charge in [0.2, 0.25) is 5.89 Å². The van der Waals surface area contributed by atoms with Crippen molar-refractivity contribution >= 4 is 97.8 Å². The van der Waals surface area contributed by atoms with Gasteiger partial charge in [0.1, 0.15) is 17.2 Å². The summed E-state index contributed by atoms with van der Waals surface area (Å²) in [4.78, 5) is 55.2. The first-order chi connectivity index (χ1) is 66.9. The molecule has 0 N–H and O–H groups in total. The summed E-state index contributed by atoms with van der Waals surface area (Å²) in [6.45, 7) is 0. The monoisotopic (exact) mass is 1730 g/mol. The Labute approximate surface area is 776 Å². The van der Waals surface area contributed by atoms with Gasteiger partial charge in [0.15, 0.2) is 46.4 Å². The highest BCUT2D eigenvalue weighted by atomic mass is 16.3. The summed E-state index contributed by atoms with van der Waals surface area (Å²) in [6, 6.07) is 160. The van der Waals surface area contributed by atoms with Crippen LogP contribution in [0.2, 0.25) is 0 Å². The molecular formula is C121H77N13O. The van der Waals surface area contributed by atoms with Crippen LogP contribution in [0.4, 0.5) is 0 Å². The van der Waals surface area contributed by atoms with Crippen LogP contribution in [0.25, 0.3) is 246 Å². The smallest absolute Gasteiger partial charge is 0.227 e.